The highest BCUT2D eigenvalue weighted by Crippen LogP contribution is 2.21. The van der Waals surface area contributed by atoms with E-state index in [0.29, 0.717) is 32.2 Å². The second-order valence-electron chi connectivity index (χ2n) is 8.85. The maximum Gasteiger partial charge on any atom is 0.333 e. The topological polar surface area (TPSA) is 93.2 Å². The van der Waals surface area contributed by atoms with Gasteiger partial charge in [0.05, 0.1) is 12.7 Å². The lowest BCUT2D eigenvalue weighted by atomic mass is 9.98. The summed E-state index contributed by atoms with van der Waals surface area (Å²) in [6.07, 6.45) is 13.3. The number of urea groups is 1. The minimum atomic E-state index is -0.480. The molecule has 182 valence electrons. The fourth-order valence-corrected chi connectivity index (χ4v) is 4.27. The van der Waals surface area contributed by atoms with Crippen LogP contribution in [0, 0.1) is 0 Å². The predicted octanol–water partition coefficient (Wildman–Crippen LogP) is 4.20. The number of carbonyl (C=O) groups excluding carboxylic acids is 4. The Labute approximate surface area is 192 Å². The second kappa shape index (κ2) is 15.0. The van der Waals surface area contributed by atoms with Crippen LogP contribution in [0.15, 0.2) is 0 Å². The van der Waals surface area contributed by atoms with E-state index in [2.05, 4.69) is 0 Å². The third-order valence-electron chi connectivity index (χ3n) is 6.13. The number of hydrogen-bond donors (Lipinski definition) is 0. The van der Waals surface area contributed by atoms with Gasteiger partial charge in [0.25, 0.3) is 0 Å². The monoisotopic (exact) mass is 452 g/mol. The lowest BCUT2D eigenvalue weighted by Gasteiger charge is -2.32. The number of barbiturate groups is 1. The van der Waals surface area contributed by atoms with Crippen LogP contribution in [0.1, 0.15) is 96.8 Å². The van der Waals surface area contributed by atoms with E-state index in [1.807, 2.05) is 0 Å². The number of amides is 4. The molecule has 2 aliphatic rings. The van der Waals surface area contributed by atoms with Crippen molar-refractivity contribution >= 4 is 23.8 Å². The molecule has 1 aliphatic heterocycles. The van der Waals surface area contributed by atoms with Gasteiger partial charge in [0.2, 0.25) is 11.8 Å². The molecule has 0 atom stereocenters. The van der Waals surface area contributed by atoms with Gasteiger partial charge in [-0.3, -0.25) is 24.2 Å². The highest BCUT2D eigenvalue weighted by Gasteiger charge is 2.36. The lowest BCUT2D eigenvalue weighted by molar-refractivity contribution is -0.143. The minimum absolute atomic E-state index is 0.229. The molecule has 1 saturated heterocycles. The van der Waals surface area contributed by atoms with Crippen LogP contribution in [-0.2, 0) is 23.9 Å². The van der Waals surface area contributed by atoms with E-state index < -0.39 is 17.8 Å². The van der Waals surface area contributed by atoms with Crippen molar-refractivity contribution in [2.45, 2.75) is 103 Å². The van der Waals surface area contributed by atoms with Crippen LogP contribution >= 0.6 is 0 Å². The van der Waals surface area contributed by atoms with E-state index in [1.165, 1.54) is 48.8 Å². The third kappa shape index (κ3) is 9.67. The molecule has 0 aromatic heterocycles. The number of rotatable bonds is 15. The molecular formula is C24H40N2O6. The number of unbranched alkanes of at least 4 members (excludes halogenated alkanes) is 6. The Balaban J connectivity index is 1.58. The average Bonchev–Trinajstić information content (AvgIpc) is 2.76. The van der Waals surface area contributed by atoms with Crippen LogP contribution in [0.2, 0.25) is 0 Å². The van der Waals surface area contributed by atoms with Crippen molar-refractivity contribution < 1.29 is 28.7 Å². The number of esters is 1. The van der Waals surface area contributed by atoms with Gasteiger partial charge in [-0.1, -0.05) is 38.5 Å². The lowest BCUT2D eigenvalue weighted by Crippen LogP contribution is -2.55. The largest absolute Gasteiger partial charge is 0.466 e. The van der Waals surface area contributed by atoms with Crippen LogP contribution < -0.4 is 0 Å². The van der Waals surface area contributed by atoms with Gasteiger partial charge in [0.15, 0.2) is 0 Å². The van der Waals surface area contributed by atoms with Gasteiger partial charge in [-0.2, -0.15) is 0 Å². The summed E-state index contributed by atoms with van der Waals surface area (Å²) in [6.45, 7) is 3.26. The van der Waals surface area contributed by atoms with Crippen LogP contribution in [0.3, 0.4) is 0 Å². The molecule has 0 N–H and O–H groups in total. The Morgan fingerprint density at radius 3 is 1.88 bits per heavy atom. The van der Waals surface area contributed by atoms with E-state index in [0.717, 1.165) is 51.6 Å². The molecule has 0 unspecified atom stereocenters. The Morgan fingerprint density at radius 1 is 0.781 bits per heavy atom. The molecule has 4 amide bonds. The van der Waals surface area contributed by atoms with Crippen molar-refractivity contribution in [2.75, 3.05) is 26.3 Å². The Kier molecular flexibility index (Phi) is 12.3. The first-order valence-electron chi connectivity index (χ1n) is 12.4. The molecule has 2 fully saturated rings. The van der Waals surface area contributed by atoms with Crippen molar-refractivity contribution in [1.29, 1.82) is 0 Å². The zero-order valence-electron chi connectivity index (χ0n) is 19.6. The summed E-state index contributed by atoms with van der Waals surface area (Å²) in [5, 5.41) is 0. The first-order chi connectivity index (χ1) is 15.5. The Hall–Kier alpha value is -1.96. The maximum absolute atomic E-state index is 12.7. The second-order valence-corrected chi connectivity index (χ2v) is 8.85. The van der Waals surface area contributed by atoms with Gasteiger partial charge in [-0.25, -0.2) is 4.79 Å². The molecule has 0 bridgehead atoms. The summed E-state index contributed by atoms with van der Waals surface area (Å²) >= 11 is 0. The summed E-state index contributed by atoms with van der Waals surface area (Å²) in [5.41, 5.74) is 0. The number of carbonyl (C=O) groups is 4. The summed E-state index contributed by atoms with van der Waals surface area (Å²) in [4.78, 5) is 50.2. The van der Waals surface area contributed by atoms with Crippen molar-refractivity contribution in [2.24, 2.45) is 0 Å². The number of hydrogen-bond acceptors (Lipinski definition) is 6. The van der Waals surface area contributed by atoms with Gasteiger partial charge < -0.3 is 9.47 Å². The van der Waals surface area contributed by atoms with Crippen molar-refractivity contribution in [3.8, 4) is 0 Å². The van der Waals surface area contributed by atoms with E-state index in [4.69, 9.17) is 9.47 Å². The normalized spacial score (nSPS) is 17.8. The molecule has 8 heteroatoms. The molecule has 2 rings (SSSR count). The maximum atomic E-state index is 12.7. The van der Waals surface area contributed by atoms with Crippen molar-refractivity contribution in [3.63, 3.8) is 0 Å². The minimum Gasteiger partial charge on any atom is -0.466 e. The fraction of sp³-hybridized carbons (Fsp3) is 0.833. The molecule has 0 radical (unpaired) electrons. The quantitative estimate of drug-likeness (QED) is 0.210. The van der Waals surface area contributed by atoms with E-state index >= 15 is 0 Å². The SMILES string of the molecule is CC(=O)OCCCCCCN1C(=O)CC(=O)N(CCCCCCOC2CCCCC2)C1=O. The molecule has 32 heavy (non-hydrogen) atoms. The first kappa shape index (κ1) is 26.3. The molecule has 1 heterocycles. The summed E-state index contributed by atoms with van der Waals surface area (Å²) in [6, 6.07) is -0.480. The standard InChI is InChI=1S/C24H40N2O6/c1-20(27)31-17-11-4-2-9-15-25-22(28)19-23(29)26(24(25)30)16-10-3-5-12-18-32-21-13-7-6-8-14-21/h21H,2-19H2,1H3. The molecular weight excluding hydrogens is 412 g/mol. The molecule has 0 aromatic carbocycles. The van der Waals surface area contributed by atoms with Gasteiger partial charge >= 0.3 is 12.0 Å². The van der Waals surface area contributed by atoms with E-state index in [-0.39, 0.29) is 12.4 Å². The van der Waals surface area contributed by atoms with Crippen LogP contribution in [-0.4, -0.2) is 66.0 Å². The first-order valence-corrected chi connectivity index (χ1v) is 12.4. The number of imide groups is 2. The van der Waals surface area contributed by atoms with E-state index in [9.17, 15) is 19.2 Å². The molecule has 1 aliphatic carbocycles. The summed E-state index contributed by atoms with van der Waals surface area (Å²) in [7, 11) is 0. The smallest absolute Gasteiger partial charge is 0.333 e. The Bertz CT molecular complexity index is 618. The third-order valence-corrected chi connectivity index (χ3v) is 6.13. The molecule has 0 spiro atoms. The van der Waals surface area contributed by atoms with Crippen molar-refractivity contribution in [3.05, 3.63) is 0 Å². The molecule has 1 saturated carbocycles. The van der Waals surface area contributed by atoms with Gasteiger partial charge in [-0.05, 0) is 44.9 Å². The number of ether oxygens (including phenoxy) is 2. The zero-order chi connectivity index (χ0) is 23.2. The Morgan fingerprint density at radius 2 is 1.31 bits per heavy atom. The summed E-state index contributed by atoms with van der Waals surface area (Å²) in [5.74, 6) is -1.08. The van der Waals surface area contributed by atoms with Crippen LogP contribution in [0.25, 0.3) is 0 Å². The summed E-state index contributed by atoms with van der Waals surface area (Å²) < 4.78 is 10.8. The molecule has 0 aromatic rings. The highest BCUT2D eigenvalue weighted by molar-refractivity contribution is 6.14. The van der Waals surface area contributed by atoms with Crippen molar-refractivity contribution in [1.82, 2.24) is 9.80 Å². The van der Waals surface area contributed by atoms with Gasteiger partial charge in [-0.15, -0.1) is 0 Å². The van der Waals surface area contributed by atoms with E-state index in [1.54, 1.807) is 0 Å². The predicted molar refractivity (Wildman–Crippen MR) is 120 cm³/mol. The van der Waals surface area contributed by atoms with Gasteiger partial charge in [0, 0.05) is 26.6 Å². The van der Waals surface area contributed by atoms with Gasteiger partial charge in [0.1, 0.15) is 6.42 Å². The average molecular weight is 453 g/mol. The fourth-order valence-electron chi connectivity index (χ4n) is 4.27. The van der Waals surface area contributed by atoms with Crippen LogP contribution in [0.5, 0.6) is 0 Å². The molecule has 8 nitrogen and oxygen atoms in total. The number of nitrogens with zero attached hydrogens (tertiary/aromatic N) is 2. The highest BCUT2D eigenvalue weighted by atomic mass is 16.5. The van der Waals surface area contributed by atoms with Crippen LogP contribution in [0.4, 0.5) is 4.79 Å². The zero-order valence-corrected chi connectivity index (χ0v) is 19.6.